The number of nitrogens with zero attached hydrogens (tertiary/aromatic N) is 1. The SMILES string of the molecule is Cc1cc(Cl)c(C2CCNC2)c(C)n1. The Labute approximate surface area is 89.7 Å². The smallest absolute Gasteiger partial charge is 0.0477 e. The van der Waals surface area contributed by atoms with E-state index in [0.29, 0.717) is 5.92 Å². The maximum atomic E-state index is 6.25. The normalized spacial score (nSPS) is 21.5. The average molecular weight is 211 g/mol. The van der Waals surface area contributed by atoms with E-state index in [0.717, 1.165) is 29.5 Å². The minimum absolute atomic E-state index is 0.551. The van der Waals surface area contributed by atoms with Crippen molar-refractivity contribution in [2.24, 2.45) is 0 Å². The summed E-state index contributed by atoms with van der Waals surface area (Å²) in [5, 5.41) is 4.23. The van der Waals surface area contributed by atoms with E-state index in [1.54, 1.807) is 0 Å². The Morgan fingerprint density at radius 1 is 1.50 bits per heavy atom. The van der Waals surface area contributed by atoms with E-state index >= 15 is 0 Å². The number of hydrogen-bond donors (Lipinski definition) is 1. The van der Waals surface area contributed by atoms with Crippen LogP contribution in [0.4, 0.5) is 0 Å². The fourth-order valence-corrected chi connectivity index (χ4v) is 2.63. The lowest BCUT2D eigenvalue weighted by Crippen LogP contribution is -2.10. The molecule has 1 aromatic rings. The first-order chi connectivity index (χ1) is 6.68. The molecule has 0 aliphatic carbocycles. The van der Waals surface area contributed by atoms with Crippen molar-refractivity contribution in [2.75, 3.05) is 13.1 Å². The van der Waals surface area contributed by atoms with Crippen LogP contribution in [0.25, 0.3) is 0 Å². The fourth-order valence-electron chi connectivity index (χ4n) is 2.18. The molecular formula is C11H15ClN2. The van der Waals surface area contributed by atoms with Gasteiger partial charge in [0.05, 0.1) is 0 Å². The number of rotatable bonds is 1. The Morgan fingerprint density at radius 2 is 2.29 bits per heavy atom. The number of nitrogens with one attached hydrogen (secondary N) is 1. The maximum Gasteiger partial charge on any atom is 0.0477 e. The van der Waals surface area contributed by atoms with Crippen molar-refractivity contribution in [3.05, 3.63) is 28.0 Å². The van der Waals surface area contributed by atoms with Crippen LogP contribution >= 0.6 is 11.6 Å². The quantitative estimate of drug-likeness (QED) is 0.770. The topological polar surface area (TPSA) is 24.9 Å². The van der Waals surface area contributed by atoms with Crippen molar-refractivity contribution in [1.29, 1.82) is 0 Å². The van der Waals surface area contributed by atoms with E-state index < -0.39 is 0 Å². The van der Waals surface area contributed by atoms with Gasteiger partial charge in [-0.15, -0.1) is 0 Å². The van der Waals surface area contributed by atoms with Gasteiger partial charge in [-0.3, -0.25) is 4.98 Å². The molecule has 2 rings (SSSR count). The van der Waals surface area contributed by atoms with Gasteiger partial charge in [-0.25, -0.2) is 0 Å². The van der Waals surface area contributed by atoms with Crippen LogP contribution in [0.1, 0.15) is 29.3 Å². The maximum absolute atomic E-state index is 6.25. The molecule has 0 radical (unpaired) electrons. The van der Waals surface area contributed by atoms with E-state index in [4.69, 9.17) is 11.6 Å². The Morgan fingerprint density at radius 3 is 2.86 bits per heavy atom. The molecule has 14 heavy (non-hydrogen) atoms. The number of hydrogen-bond acceptors (Lipinski definition) is 2. The first kappa shape index (κ1) is 9.94. The molecule has 2 heterocycles. The molecule has 0 bridgehead atoms. The van der Waals surface area contributed by atoms with E-state index in [1.165, 1.54) is 12.0 Å². The summed E-state index contributed by atoms with van der Waals surface area (Å²) in [4.78, 5) is 4.47. The molecule has 1 fully saturated rings. The minimum Gasteiger partial charge on any atom is -0.316 e. The third kappa shape index (κ3) is 1.77. The molecule has 3 heteroatoms. The highest BCUT2D eigenvalue weighted by Gasteiger charge is 2.21. The van der Waals surface area contributed by atoms with Gasteiger partial charge in [-0.1, -0.05) is 11.6 Å². The standard InChI is InChI=1S/C11H15ClN2/c1-7-5-10(12)11(8(2)14-7)9-3-4-13-6-9/h5,9,13H,3-4,6H2,1-2H3. The molecule has 0 aromatic carbocycles. The number of pyridine rings is 1. The van der Waals surface area contributed by atoms with Crippen LogP contribution in [0.5, 0.6) is 0 Å². The Kier molecular flexibility index (Phi) is 2.75. The highest BCUT2D eigenvalue weighted by Crippen LogP contribution is 2.31. The largest absolute Gasteiger partial charge is 0.316 e. The molecule has 1 aliphatic heterocycles. The monoisotopic (exact) mass is 210 g/mol. The van der Waals surface area contributed by atoms with Crippen LogP contribution in [0.2, 0.25) is 5.02 Å². The van der Waals surface area contributed by atoms with Gasteiger partial charge in [-0.05, 0) is 38.4 Å². The highest BCUT2D eigenvalue weighted by atomic mass is 35.5. The predicted molar refractivity (Wildman–Crippen MR) is 58.9 cm³/mol. The lowest BCUT2D eigenvalue weighted by atomic mass is 9.97. The molecule has 1 atom stereocenters. The third-order valence-electron chi connectivity index (χ3n) is 2.80. The molecular weight excluding hydrogens is 196 g/mol. The van der Waals surface area contributed by atoms with Crippen molar-refractivity contribution in [1.82, 2.24) is 10.3 Å². The fraction of sp³-hybridized carbons (Fsp3) is 0.545. The third-order valence-corrected chi connectivity index (χ3v) is 3.11. The minimum atomic E-state index is 0.551. The summed E-state index contributed by atoms with van der Waals surface area (Å²) in [6, 6.07) is 1.96. The van der Waals surface area contributed by atoms with Crippen molar-refractivity contribution in [3.8, 4) is 0 Å². The second kappa shape index (κ2) is 3.87. The zero-order valence-electron chi connectivity index (χ0n) is 8.60. The molecule has 1 N–H and O–H groups in total. The summed E-state index contributed by atoms with van der Waals surface area (Å²) < 4.78 is 0. The zero-order chi connectivity index (χ0) is 10.1. The van der Waals surface area contributed by atoms with Crippen molar-refractivity contribution >= 4 is 11.6 Å². The van der Waals surface area contributed by atoms with Crippen LogP contribution in [-0.2, 0) is 0 Å². The van der Waals surface area contributed by atoms with Gasteiger partial charge < -0.3 is 5.32 Å². The summed E-state index contributed by atoms with van der Waals surface area (Å²) in [5.74, 6) is 0.551. The Bertz CT molecular complexity index is 320. The van der Waals surface area contributed by atoms with Gasteiger partial charge in [0.25, 0.3) is 0 Å². The lowest BCUT2D eigenvalue weighted by Gasteiger charge is -2.14. The van der Waals surface area contributed by atoms with Crippen molar-refractivity contribution < 1.29 is 0 Å². The van der Waals surface area contributed by atoms with E-state index in [9.17, 15) is 0 Å². The van der Waals surface area contributed by atoms with Crippen LogP contribution < -0.4 is 5.32 Å². The second-order valence-corrected chi connectivity index (χ2v) is 4.34. The second-order valence-electron chi connectivity index (χ2n) is 3.93. The number of aryl methyl sites for hydroxylation is 2. The number of halogens is 1. The summed E-state index contributed by atoms with van der Waals surface area (Å²) in [5.41, 5.74) is 3.33. The lowest BCUT2D eigenvalue weighted by molar-refractivity contribution is 0.749. The predicted octanol–water partition coefficient (Wildman–Crippen LogP) is 2.43. The summed E-state index contributed by atoms with van der Waals surface area (Å²) in [6.07, 6.45) is 1.17. The molecule has 1 aliphatic rings. The first-order valence-electron chi connectivity index (χ1n) is 5.03. The van der Waals surface area contributed by atoms with Crippen LogP contribution in [0.3, 0.4) is 0 Å². The van der Waals surface area contributed by atoms with E-state index in [2.05, 4.69) is 10.3 Å². The summed E-state index contributed by atoms with van der Waals surface area (Å²) >= 11 is 6.25. The Hall–Kier alpha value is -0.600. The van der Waals surface area contributed by atoms with Gasteiger partial charge >= 0.3 is 0 Å². The molecule has 2 nitrogen and oxygen atoms in total. The van der Waals surface area contributed by atoms with Crippen molar-refractivity contribution in [2.45, 2.75) is 26.2 Å². The van der Waals surface area contributed by atoms with Gasteiger partial charge in [0, 0.05) is 28.9 Å². The van der Waals surface area contributed by atoms with Crippen LogP contribution in [0, 0.1) is 13.8 Å². The van der Waals surface area contributed by atoms with Gasteiger partial charge in [0.2, 0.25) is 0 Å². The first-order valence-corrected chi connectivity index (χ1v) is 5.40. The van der Waals surface area contributed by atoms with Gasteiger partial charge in [-0.2, -0.15) is 0 Å². The molecule has 0 spiro atoms. The molecule has 0 saturated carbocycles. The molecule has 76 valence electrons. The van der Waals surface area contributed by atoms with E-state index in [1.807, 2.05) is 19.9 Å². The van der Waals surface area contributed by atoms with Gasteiger partial charge in [0.1, 0.15) is 0 Å². The molecule has 1 aromatic heterocycles. The van der Waals surface area contributed by atoms with Crippen molar-refractivity contribution in [3.63, 3.8) is 0 Å². The molecule has 1 saturated heterocycles. The van der Waals surface area contributed by atoms with E-state index in [-0.39, 0.29) is 0 Å². The average Bonchev–Trinajstić information content (AvgIpc) is 2.54. The summed E-state index contributed by atoms with van der Waals surface area (Å²) in [7, 11) is 0. The van der Waals surface area contributed by atoms with Crippen LogP contribution in [0.15, 0.2) is 6.07 Å². The van der Waals surface area contributed by atoms with Crippen LogP contribution in [-0.4, -0.2) is 18.1 Å². The summed E-state index contributed by atoms with van der Waals surface area (Å²) in [6.45, 7) is 6.15. The van der Waals surface area contributed by atoms with Gasteiger partial charge in [0.15, 0.2) is 0 Å². The highest BCUT2D eigenvalue weighted by molar-refractivity contribution is 6.31. The molecule has 1 unspecified atom stereocenters. The Balaban J connectivity index is 2.40. The number of aromatic nitrogens is 1. The zero-order valence-corrected chi connectivity index (χ0v) is 9.36. The molecule has 0 amide bonds.